The van der Waals surface area contributed by atoms with E-state index >= 15 is 0 Å². The molecule has 0 saturated carbocycles. The van der Waals surface area contributed by atoms with Gasteiger partial charge in [-0.3, -0.25) is 0 Å². The Kier molecular flexibility index (Phi) is 4.31. The number of halogens is 1. The van der Waals surface area contributed by atoms with Crippen molar-refractivity contribution in [3.63, 3.8) is 0 Å². The topological polar surface area (TPSA) is 38.0 Å². The van der Waals surface area contributed by atoms with Gasteiger partial charge in [0.25, 0.3) is 0 Å². The second-order valence-electron chi connectivity index (χ2n) is 4.27. The molecule has 18 heavy (non-hydrogen) atoms. The smallest absolute Gasteiger partial charge is 0.146 e. The van der Waals surface area contributed by atoms with Crippen LogP contribution in [0.5, 0.6) is 0 Å². The minimum absolute atomic E-state index is 0.218. The summed E-state index contributed by atoms with van der Waals surface area (Å²) in [5.74, 6) is -0.351. The van der Waals surface area contributed by atoms with Crippen LogP contribution >= 0.6 is 0 Å². The Bertz CT molecular complexity index is 497. The zero-order chi connectivity index (χ0) is 12.8. The van der Waals surface area contributed by atoms with Crippen LogP contribution in [0.4, 0.5) is 10.1 Å². The molecule has 2 nitrogen and oxygen atoms in total. The van der Waals surface area contributed by atoms with E-state index < -0.39 is 0 Å². The molecule has 0 aromatic heterocycles. The maximum absolute atomic E-state index is 13.0. The molecule has 0 spiro atoms. The van der Waals surface area contributed by atoms with E-state index in [1.807, 2.05) is 18.2 Å². The van der Waals surface area contributed by atoms with Crippen molar-refractivity contribution in [1.82, 2.24) is 5.32 Å². The molecule has 0 amide bonds. The molecule has 0 bridgehead atoms. The molecule has 0 atom stereocenters. The Hall–Kier alpha value is -1.87. The standard InChI is InChI=1S/C15H17FN2/c16-14-7-6-12(10-15(14)17)8-9-18-11-13-4-2-1-3-5-13/h1-7,10,18H,8-9,11,17H2. The van der Waals surface area contributed by atoms with Gasteiger partial charge in [0, 0.05) is 6.54 Å². The normalized spacial score (nSPS) is 10.5. The Morgan fingerprint density at radius 3 is 2.50 bits per heavy atom. The molecule has 0 aliphatic rings. The quantitative estimate of drug-likeness (QED) is 0.627. The number of nitrogens with one attached hydrogen (secondary N) is 1. The molecular weight excluding hydrogens is 227 g/mol. The summed E-state index contributed by atoms with van der Waals surface area (Å²) < 4.78 is 13.0. The maximum atomic E-state index is 13.0. The van der Waals surface area contributed by atoms with Crippen LogP contribution < -0.4 is 11.1 Å². The molecule has 0 fully saturated rings. The van der Waals surface area contributed by atoms with E-state index in [1.54, 1.807) is 12.1 Å². The summed E-state index contributed by atoms with van der Waals surface area (Å²) in [5.41, 5.74) is 8.05. The van der Waals surface area contributed by atoms with E-state index in [2.05, 4.69) is 17.4 Å². The summed E-state index contributed by atoms with van der Waals surface area (Å²) in [4.78, 5) is 0. The SMILES string of the molecule is Nc1cc(CCNCc2ccccc2)ccc1F. The number of nitrogen functional groups attached to an aromatic ring is 1. The van der Waals surface area contributed by atoms with E-state index in [0.717, 1.165) is 25.1 Å². The Morgan fingerprint density at radius 1 is 1.00 bits per heavy atom. The number of rotatable bonds is 5. The van der Waals surface area contributed by atoms with Crippen molar-refractivity contribution in [2.45, 2.75) is 13.0 Å². The van der Waals surface area contributed by atoms with Crippen LogP contribution in [0.3, 0.4) is 0 Å². The van der Waals surface area contributed by atoms with Crippen LogP contribution in [0.15, 0.2) is 48.5 Å². The Labute approximate surface area is 107 Å². The molecule has 0 aliphatic heterocycles. The molecule has 0 unspecified atom stereocenters. The van der Waals surface area contributed by atoms with E-state index in [0.29, 0.717) is 0 Å². The summed E-state index contributed by atoms with van der Waals surface area (Å²) in [6.07, 6.45) is 0.845. The fourth-order valence-corrected chi connectivity index (χ4v) is 1.81. The fourth-order valence-electron chi connectivity index (χ4n) is 1.81. The average molecular weight is 244 g/mol. The molecule has 2 aromatic carbocycles. The first-order chi connectivity index (χ1) is 8.75. The number of hydrogen-bond donors (Lipinski definition) is 2. The second kappa shape index (κ2) is 6.17. The molecule has 3 heteroatoms. The Morgan fingerprint density at radius 2 is 1.78 bits per heavy atom. The van der Waals surface area contributed by atoms with E-state index in [-0.39, 0.29) is 11.5 Å². The van der Waals surface area contributed by atoms with E-state index in [9.17, 15) is 4.39 Å². The third-order valence-electron chi connectivity index (χ3n) is 2.82. The van der Waals surface area contributed by atoms with Crippen molar-refractivity contribution in [3.8, 4) is 0 Å². The summed E-state index contributed by atoms with van der Waals surface area (Å²) in [6, 6.07) is 15.1. The molecule has 2 aromatic rings. The van der Waals surface area contributed by atoms with Crippen molar-refractivity contribution in [2.24, 2.45) is 0 Å². The third-order valence-corrected chi connectivity index (χ3v) is 2.82. The summed E-state index contributed by atoms with van der Waals surface area (Å²) in [5, 5.41) is 3.35. The maximum Gasteiger partial charge on any atom is 0.146 e. The second-order valence-corrected chi connectivity index (χ2v) is 4.27. The van der Waals surface area contributed by atoms with Gasteiger partial charge in [-0.05, 0) is 36.2 Å². The molecular formula is C15H17FN2. The van der Waals surface area contributed by atoms with Crippen LogP contribution in [0.1, 0.15) is 11.1 Å². The average Bonchev–Trinajstić information content (AvgIpc) is 2.40. The zero-order valence-electron chi connectivity index (χ0n) is 10.2. The van der Waals surface area contributed by atoms with Gasteiger partial charge in [0.2, 0.25) is 0 Å². The minimum atomic E-state index is -0.351. The van der Waals surface area contributed by atoms with Gasteiger partial charge in [-0.25, -0.2) is 4.39 Å². The first kappa shape index (κ1) is 12.6. The summed E-state index contributed by atoms with van der Waals surface area (Å²) >= 11 is 0. The number of benzene rings is 2. The van der Waals surface area contributed by atoms with Gasteiger partial charge < -0.3 is 11.1 Å². The van der Waals surface area contributed by atoms with Crippen LogP contribution in [-0.2, 0) is 13.0 Å². The highest BCUT2D eigenvalue weighted by molar-refractivity contribution is 5.42. The molecule has 0 saturated heterocycles. The molecule has 0 heterocycles. The van der Waals surface area contributed by atoms with Crippen LogP contribution in [0.25, 0.3) is 0 Å². The molecule has 0 aliphatic carbocycles. The highest BCUT2D eigenvalue weighted by atomic mass is 19.1. The van der Waals surface area contributed by atoms with E-state index in [4.69, 9.17) is 5.73 Å². The van der Waals surface area contributed by atoms with Gasteiger partial charge in [0.15, 0.2) is 0 Å². The summed E-state index contributed by atoms with van der Waals surface area (Å²) in [7, 11) is 0. The minimum Gasteiger partial charge on any atom is -0.396 e. The number of anilines is 1. The lowest BCUT2D eigenvalue weighted by atomic mass is 10.1. The first-order valence-electron chi connectivity index (χ1n) is 6.04. The van der Waals surface area contributed by atoms with Crippen LogP contribution in [-0.4, -0.2) is 6.54 Å². The van der Waals surface area contributed by atoms with Crippen molar-refractivity contribution in [2.75, 3.05) is 12.3 Å². The predicted molar refractivity (Wildman–Crippen MR) is 72.7 cm³/mol. The van der Waals surface area contributed by atoms with Gasteiger partial charge in [-0.1, -0.05) is 36.4 Å². The summed E-state index contributed by atoms with van der Waals surface area (Å²) in [6.45, 7) is 1.69. The van der Waals surface area contributed by atoms with Gasteiger partial charge >= 0.3 is 0 Å². The molecule has 2 rings (SSSR count). The monoisotopic (exact) mass is 244 g/mol. The highest BCUT2D eigenvalue weighted by Gasteiger charge is 1.99. The van der Waals surface area contributed by atoms with Gasteiger partial charge in [0.05, 0.1) is 5.69 Å². The molecule has 94 valence electrons. The number of nitrogens with two attached hydrogens (primary N) is 1. The molecule has 3 N–H and O–H groups in total. The van der Waals surface area contributed by atoms with Crippen LogP contribution in [0, 0.1) is 5.82 Å². The Balaban J connectivity index is 1.77. The molecule has 0 radical (unpaired) electrons. The first-order valence-corrected chi connectivity index (χ1v) is 6.04. The number of hydrogen-bond acceptors (Lipinski definition) is 2. The lowest BCUT2D eigenvalue weighted by molar-refractivity contribution is 0.630. The lowest BCUT2D eigenvalue weighted by Crippen LogP contribution is -2.16. The third kappa shape index (κ3) is 3.57. The van der Waals surface area contributed by atoms with Crippen molar-refractivity contribution >= 4 is 5.69 Å². The highest BCUT2D eigenvalue weighted by Crippen LogP contribution is 2.12. The van der Waals surface area contributed by atoms with Crippen LogP contribution in [0.2, 0.25) is 0 Å². The van der Waals surface area contributed by atoms with Crippen molar-refractivity contribution < 1.29 is 4.39 Å². The predicted octanol–water partition coefficient (Wildman–Crippen LogP) is 2.74. The lowest BCUT2D eigenvalue weighted by Gasteiger charge is -2.06. The van der Waals surface area contributed by atoms with Crippen molar-refractivity contribution in [3.05, 3.63) is 65.5 Å². The van der Waals surface area contributed by atoms with Gasteiger partial charge in [0.1, 0.15) is 5.82 Å². The van der Waals surface area contributed by atoms with Gasteiger partial charge in [-0.2, -0.15) is 0 Å². The zero-order valence-corrected chi connectivity index (χ0v) is 10.2. The largest absolute Gasteiger partial charge is 0.396 e. The van der Waals surface area contributed by atoms with E-state index in [1.165, 1.54) is 11.6 Å². The van der Waals surface area contributed by atoms with Gasteiger partial charge in [-0.15, -0.1) is 0 Å². The van der Waals surface area contributed by atoms with Crippen molar-refractivity contribution in [1.29, 1.82) is 0 Å². The fraction of sp³-hybridized carbons (Fsp3) is 0.200.